The molecule has 1 unspecified atom stereocenters. The van der Waals surface area contributed by atoms with Gasteiger partial charge in [0.1, 0.15) is 5.84 Å². The molecule has 3 aromatic heterocycles. The number of nitrogens with zero attached hydrogens (tertiary/aromatic N) is 6. The first kappa shape index (κ1) is 24.3. The number of morpholine rings is 1. The second kappa shape index (κ2) is 10.4. The summed E-state index contributed by atoms with van der Waals surface area (Å²) in [7, 11) is 0. The van der Waals surface area contributed by atoms with Gasteiger partial charge in [-0.1, -0.05) is 12.1 Å². The monoisotopic (exact) mass is 524 g/mol. The Morgan fingerprint density at radius 1 is 1.03 bits per heavy atom. The molecule has 0 spiro atoms. The number of aromatic nitrogens is 2. The topological polar surface area (TPSA) is 109 Å². The van der Waals surface area contributed by atoms with Crippen LogP contribution in [0.25, 0.3) is 22.0 Å². The van der Waals surface area contributed by atoms with Gasteiger partial charge in [-0.25, -0.2) is 9.98 Å². The van der Waals surface area contributed by atoms with Gasteiger partial charge in [0, 0.05) is 87.6 Å². The number of hydrogen-bond acceptors (Lipinski definition) is 9. The number of benzene rings is 1. The maximum Gasteiger partial charge on any atom is 0.228 e. The summed E-state index contributed by atoms with van der Waals surface area (Å²) in [5.74, 6) is 1.65. The highest BCUT2D eigenvalue weighted by atomic mass is 16.5. The van der Waals surface area contributed by atoms with E-state index in [9.17, 15) is 0 Å². The molecule has 3 aliphatic rings. The van der Waals surface area contributed by atoms with E-state index in [0.717, 1.165) is 97.1 Å². The zero-order valence-corrected chi connectivity index (χ0v) is 21.9. The number of hydrogen-bond donors (Lipinski definition) is 2. The number of pyridine rings is 1. The third kappa shape index (κ3) is 4.68. The molecule has 10 nitrogen and oxygen atoms in total. The van der Waals surface area contributed by atoms with Crippen LogP contribution >= 0.6 is 0 Å². The van der Waals surface area contributed by atoms with Crippen molar-refractivity contribution in [2.24, 2.45) is 4.99 Å². The molecule has 2 fully saturated rings. The average Bonchev–Trinajstić information content (AvgIpc) is 3.61. The van der Waals surface area contributed by atoms with Crippen LogP contribution in [0.5, 0.6) is 0 Å². The van der Waals surface area contributed by atoms with Gasteiger partial charge >= 0.3 is 0 Å². The van der Waals surface area contributed by atoms with Crippen LogP contribution in [0.1, 0.15) is 29.5 Å². The molecule has 0 amide bonds. The summed E-state index contributed by atoms with van der Waals surface area (Å²) < 4.78 is 12.0. The first-order valence-electron chi connectivity index (χ1n) is 13.7. The van der Waals surface area contributed by atoms with Crippen molar-refractivity contribution >= 4 is 33.5 Å². The molecule has 2 saturated heterocycles. The van der Waals surface area contributed by atoms with Crippen LogP contribution in [0.4, 0.5) is 5.69 Å². The summed E-state index contributed by atoms with van der Waals surface area (Å²) in [6.45, 7) is 8.62. The fourth-order valence-electron chi connectivity index (χ4n) is 5.91. The highest BCUT2D eigenvalue weighted by molar-refractivity contribution is 6.18. The number of nitriles is 1. The Morgan fingerprint density at radius 3 is 2.72 bits per heavy atom. The van der Waals surface area contributed by atoms with Crippen molar-refractivity contribution < 1.29 is 9.15 Å². The van der Waals surface area contributed by atoms with Crippen LogP contribution in [0.15, 0.2) is 52.1 Å². The Labute approximate surface area is 226 Å². The second-order valence-corrected chi connectivity index (χ2v) is 10.4. The Kier molecular flexibility index (Phi) is 6.50. The van der Waals surface area contributed by atoms with E-state index in [4.69, 9.17) is 24.4 Å². The standard InChI is InChI=1S/C29H32N8O2/c30-6-2-8-35-9-11-36(12-10-35)19-20-17-23-25-26(39-29(23)32-18-20)28(37-13-15-38-16-14-37)34-27(33-25)22-3-1-4-24-21(22)5-7-31-24/h1,3-5,7,17-18,28,31H,2,8-16,19H2,(H,33,34). The van der Waals surface area contributed by atoms with E-state index in [2.05, 4.69) is 61.4 Å². The number of H-pyrrole nitrogens is 1. The van der Waals surface area contributed by atoms with Crippen LogP contribution in [0.2, 0.25) is 0 Å². The molecular weight excluding hydrogens is 492 g/mol. The first-order valence-corrected chi connectivity index (χ1v) is 13.7. The summed E-state index contributed by atoms with van der Waals surface area (Å²) in [6, 6.07) is 12.8. The molecule has 0 aliphatic carbocycles. The molecule has 4 aromatic rings. The number of ether oxygens (including phenoxy) is 1. The number of amidine groups is 1. The van der Waals surface area contributed by atoms with Gasteiger partial charge in [-0.15, -0.1) is 0 Å². The van der Waals surface area contributed by atoms with Gasteiger partial charge in [0.2, 0.25) is 5.71 Å². The van der Waals surface area contributed by atoms with Crippen LogP contribution in [0, 0.1) is 11.3 Å². The van der Waals surface area contributed by atoms with Crippen LogP contribution in [-0.2, 0) is 11.3 Å². The van der Waals surface area contributed by atoms with E-state index in [-0.39, 0.29) is 6.17 Å². The third-order valence-corrected chi connectivity index (χ3v) is 8.01. The molecule has 2 N–H and O–H groups in total. The highest BCUT2D eigenvalue weighted by Gasteiger charge is 2.34. The zero-order chi connectivity index (χ0) is 26.2. The Balaban J connectivity index is 1.21. The smallest absolute Gasteiger partial charge is 0.228 e. The number of rotatable bonds is 6. The number of furan rings is 1. The van der Waals surface area contributed by atoms with Crippen molar-refractivity contribution in [1.82, 2.24) is 24.7 Å². The molecule has 6 heterocycles. The number of aliphatic imine (C=N–C) groups is 1. The fourth-order valence-corrected chi connectivity index (χ4v) is 5.91. The summed E-state index contributed by atoms with van der Waals surface area (Å²) in [6.07, 6.45) is 4.25. The number of nitrogens with one attached hydrogen (secondary N) is 2. The van der Waals surface area contributed by atoms with E-state index in [1.165, 1.54) is 0 Å². The predicted octanol–water partition coefficient (Wildman–Crippen LogP) is 3.54. The van der Waals surface area contributed by atoms with Crippen LogP contribution in [-0.4, -0.2) is 89.5 Å². The van der Waals surface area contributed by atoms with Gasteiger partial charge in [-0.3, -0.25) is 14.7 Å². The molecule has 0 bridgehead atoms. The fraction of sp³-hybridized carbons (Fsp3) is 0.414. The summed E-state index contributed by atoms with van der Waals surface area (Å²) in [5.41, 5.74) is 4.89. The van der Waals surface area contributed by atoms with Gasteiger partial charge in [0.15, 0.2) is 11.9 Å². The zero-order valence-electron chi connectivity index (χ0n) is 21.9. The van der Waals surface area contributed by atoms with Crippen LogP contribution < -0.4 is 5.32 Å². The van der Waals surface area contributed by atoms with Crippen molar-refractivity contribution in [3.05, 3.63) is 59.6 Å². The number of fused-ring (bicyclic) bond motifs is 4. The maximum absolute atomic E-state index is 8.88. The molecule has 0 radical (unpaired) electrons. The SMILES string of the molecule is N#CCCN1CCN(Cc2cnc3oc4c(c3c2)NC(c2cccc3[nH]ccc23)=NC4N2CCOCC2)CC1. The Hall–Kier alpha value is -3.75. The highest BCUT2D eigenvalue weighted by Crippen LogP contribution is 2.41. The first-order chi connectivity index (χ1) is 19.3. The quantitative estimate of drug-likeness (QED) is 0.394. The van der Waals surface area contributed by atoms with Gasteiger partial charge in [-0.2, -0.15) is 5.26 Å². The van der Waals surface area contributed by atoms with E-state index < -0.39 is 0 Å². The van der Waals surface area contributed by atoms with Gasteiger partial charge in [0.25, 0.3) is 0 Å². The van der Waals surface area contributed by atoms with Crippen molar-refractivity contribution in [3.63, 3.8) is 0 Å². The summed E-state index contributed by atoms with van der Waals surface area (Å²) in [4.78, 5) is 20.4. The molecular formula is C29H32N8O2. The van der Waals surface area contributed by atoms with E-state index >= 15 is 0 Å². The summed E-state index contributed by atoms with van der Waals surface area (Å²) in [5, 5.41) is 14.6. The minimum atomic E-state index is -0.242. The minimum Gasteiger partial charge on any atom is -0.437 e. The van der Waals surface area contributed by atoms with Crippen LogP contribution in [0.3, 0.4) is 0 Å². The lowest BCUT2D eigenvalue weighted by Gasteiger charge is -2.34. The third-order valence-electron chi connectivity index (χ3n) is 8.01. The lowest BCUT2D eigenvalue weighted by Crippen LogP contribution is -2.46. The van der Waals surface area contributed by atoms with Gasteiger partial charge in [0.05, 0.1) is 30.4 Å². The molecule has 1 atom stereocenters. The van der Waals surface area contributed by atoms with Crippen molar-refractivity contribution in [3.8, 4) is 6.07 Å². The van der Waals surface area contributed by atoms with E-state index in [0.29, 0.717) is 25.3 Å². The lowest BCUT2D eigenvalue weighted by molar-refractivity contribution is 0.0138. The normalized spacial score (nSPS) is 21.0. The number of anilines is 1. The molecule has 0 saturated carbocycles. The molecule has 39 heavy (non-hydrogen) atoms. The number of piperazine rings is 1. The van der Waals surface area contributed by atoms with E-state index in [1.54, 1.807) is 0 Å². The van der Waals surface area contributed by atoms with Crippen molar-refractivity contribution in [2.45, 2.75) is 19.1 Å². The van der Waals surface area contributed by atoms with Gasteiger partial charge in [-0.05, 0) is 23.8 Å². The predicted molar refractivity (Wildman–Crippen MR) is 150 cm³/mol. The average molecular weight is 525 g/mol. The second-order valence-electron chi connectivity index (χ2n) is 10.4. The molecule has 10 heteroatoms. The summed E-state index contributed by atoms with van der Waals surface area (Å²) >= 11 is 0. The Morgan fingerprint density at radius 2 is 1.87 bits per heavy atom. The largest absolute Gasteiger partial charge is 0.437 e. The van der Waals surface area contributed by atoms with Crippen molar-refractivity contribution in [1.29, 1.82) is 5.26 Å². The van der Waals surface area contributed by atoms with Gasteiger partial charge < -0.3 is 19.5 Å². The number of aromatic amines is 1. The maximum atomic E-state index is 8.88. The molecule has 3 aliphatic heterocycles. The minimum absolute atomic E-state index is 0.242. The molecule has 7 rings (SSSR count). The van der Waals surface area contributed by atoms with E-state index in [1.807, 2.05) is 12.4 Å². The van der Waals surface area contributed by atoms with Crippen molar-refractivity contribution in [2.75, 3.05) is 64.3 Å². The molecule has 200 valence electrons. The lowest BCUT2D eigenvalue weighted by atomic mass is 10.1. The Bertz CT molecular complexity index is 1550. The molecule has 1 aromatic carbocycles.